The number of ketones is 1. The second-order valence-corrected chi connectivity index (χ2v) is 4.66. The molecule has 0 aliphatic heterocycles. The molecule has 2 heteroatoms. The maximum Gasteiger partial charge on any atom is 0.165 e. The lowest BCUT2D eigenvalue weighted by Crippen LogP contribution is -2.16. The summed E-state index contributed by atoms with van der Waals surface area (Å²) in [6.07, 6.45) is 0. The molecule has 1 N–H and O–H groups in total. The Kier molecular flexibility index (Phi) is 3.30. The molecule has 0 aromatic heterocycles. The Balaban J connectivity index is 2.96. The molecule has 1 aromatic carbocycles. The summed E-state index contributed by atoms with van der Waals surface area (Å²) in [5.74, 6) is 0.148. The molecule has 15 heavy (non-hydrogen) atoms. The number of Topliss-reactive ketones (excluding diaryl/α,β-unsaturated/α-hetero) is 1. The molecule has 0 atom stereocenters. The highest BCUT2D eigenvalue weighted by atomic mass is 16.3. The van der Waals surface area contributed by atoms with Crippen LogP contribution >= 0.6 is 0 Å². The van der Waals surface area contributed by atoms with Gasteiger partial charge in [-0.05, 0) is 19.4 Å². The zero-order valence-corrected chi connectivity index (χ0v) is 9.74. The van der Waals surface area contributed by atoms with Crippen LogP contribution in [0.1, 0.15) is 43.6 Å². The topological polar surface area (TPSA) is 37.3 Å². The van der Waals surface area contributed by atoms with Crippen LogP contribution in [-0.4, -0.2) is 10.9 Å². The maximum atomic E-state index is 11.6. The molecule has 0 spiro atoms. The van der Waals surface area contributed by atoms with Crippen molar-refractivity contribution in [2.24, 2.45) is 5.92 Å². The smallest absolute Gasteiger partial charge is 0.165 e. The van der Waals surface area contributed by atoms with Crippen molar-refractivity contribution >= 4 is 5.78 Å². The van der Waals surface area contributed by atoms with Gasteiger partial charge in [0.05, 0.1) is 5.60 Å². The number of aliphatic hydroxyl groups is 1. The van der Waals surface area contributed by atoms with Crippen molar-refractivity contribution in [1.82, 2.24) is 0 Å². The van der Waals surface area contributed by atoms with Gasteiger partial charge in [0.1, 0.15) is 0 Å². The Labute approximate surface area is 90.9 Å². The largest absolute Gasteiger partial charge is 0.386 e. The van der Waals surface area contributed by atoms with Crippen molar-refractivity contribution in [3.63, 3.8) is 0 Å². The first kappa shape index (κ1) is 11.9. The predicted octanol–water partition coefficient (Wildman–Crippen LogP) is 2.75. The third kappa shape index (κ3) is 2.90. The van der Waals surface area contributed by atoms with E-state index >= 15 is 0 Å². The third-order valence-electron chi connectivity index (χ3n) is 2.40. The fourth-order valence-corrected chi connectivity index (χ4v) is 1.38. The number of carbonyl (C=O) groups excluding carboxylic acids is 1. The molecule has 0 aliphatic rings. The van der Waals surface area contributed by atoms with E-state index in [9.17, 15) is 9.90 Å². The average molecular weight is 206 g/mol. The Hall–Kier alpha value is -1.15. The minimum Gasteiger partial charge on any atom is -0.386 e. The van der Waals surface area contributed by atoms with Crippen LogP contribution in [0, 0.1) is 5.92 Å². The Morgan fingerprint density at radius 2 is 1.67 bits per heavy atom. The van der Waals surface area contributed by atoms with Crippen LogP contribution in [0.25, 0.3) is 0 Å². The van der Waals surface area contributed by atoms with E-state index in [0.717, 1.165) is 5.56 Å². The normalized spacial score (nSPS) is 11.9. The molecule has 2 nitrogen and oxygen atoms in total. The molecule has 0 amide bonds. The molecule has 0 radical (unpaired) electrons. The second-order valence-electron chi connectivity index (χ2n) is 4.66. The first-order valence-corrected chi connectivity index (χ1v) is 5.19. The monoisotopic (exact) mass is 206 g/mol. The van der Waals surface area contributed by atoms with Crippen molar-refractivity contribution < 1.29 is 9.90 Å². The summed E-state index contributed by atoms with van der Waals surface area (Å²) in [6, 6.07) is 7.15. The van der Waals surface area contributed by atoms with E-state index in [1.165, 1.54) is 0 Å². The van der Waals surface area contributed by atoms with Crippen molar-refractivity contribution in [3.8, 4) is 0 Å². The zero-order valence-electron chi connectivity index (χ0n) is 9.74. The van der Waals surface area contributed by atoms with Crippen LogP contribution in [0.3, 0.4) is 0 Å². The lowest BCUT2D eigenvalue weighted by molar-refractivity contribution is 0.0784. The van der Waals surface area contributed by atoms with Gasteiger partial charge < -0.3 is 5.11 Å². The Morgan fingerprint density at radius 1 is 1.20 bits per heavy atom. The summed E-state index contributed by atoms with van der Waals surface area (Å²) < 4.78 is 0. The van der Waals surface area contributed by atoms with E-state index in [2.05, 4.69) is 0 Å². The predicted molar refractivity (Wildman–Crippen MR) is 60.9 cm³/mol. The number of hydrogen-bond donors (Lipinski definition) is 1. The van der Waals surface area contributed by atoms with Gasteiger partial charge in [-0.25, -0.2) is 0 Å². The van der Waals surface area contributed by atoms with Crippen LogP contribution in [0.4, 0.5) is 0 Å². The van der Waals surface area contributed by atoms with Gasteiger partial charge in [-0.3, -0.25) is 4.79 Å². The fourth-order valence-electron chi connectivity index (χ4n) is 1.38. The van der Waals surface area contributed by atoms with E-state index in [0.29, 0.717) is 5.56 Å². The third-order valence-corrected chi connectivity index (χ3v) is 2.40. The minimum atomic E-state index is -0.848. The van der Waals surface area contributed by atoms with Crippen LogP contribution in [-0.2, 0) is 5.60 Å². The SMILES string of the molecule is CC(C)C(=O)c1ccc(C(C)(C)O)cc1. The molecule has 1 aromatic rings. The van der Waals surface area contributed by atoms with Crippen molar-refractivity contribution in [2.75, 3.05) is 0 Å². The lowest BCUT2D eigenvalue weighted by atomic mass is 9.94. The standard InChI is InChI=1S/C13H18O2/c1-9(2)12(14)10-5-7-11(8-6-10)13(3,4)15/h5-9,15H,1-4H3. The Bertz CT molecular complexity index is 342. The second kappa shape index (κ2) is 4.15. The molecule has 0 saturated carbocycles. The fraction of sp³-hybridized carbons (Fsp3) is 0.462. The van der Waals surface area contributed by atoms with Gasteiger partial charge in [-0.2, -0.15) is 0 Å². The number of rotatable bonds is 3. The molecule has 0 heterocycles. The van der Waals surface area contributed by atoms with Crippen molar-refractivity contribution in [2.45, 2.75) is 33.3 Å². The molecular weight excluding hydrogens is 188 g/mol. The molecule has 0 unspecified atom stereocenters. The number of hydrogen-bond acceptors (Lipinski definition) is 2. The molecule has 0 bridgehead atoms. The minimum absolute atomic E-state index is 0.0120. The van der Waals surface area contributed by atoms with Gasteiger partial charge in [0.2, 0.25) is 0 Å². The van der Waals surface area contributed by atoms with E-state index in [4.69, 9.17) is 0 Å². The van der Waals surface area contributed by atoms with E-state index in [-0.39, 0.29) is 11.7 Å². The van der Waals surface area contributed by atoms with E-state index < -0.39 is 5.60 Å². The van der Waals surface area contributed by atoms with E-state index in [1.807, 2.05) is 13.8 Å². The summed E-state index contributed by atoms with van der Waals surface area (Å²) in [5, 5.41) is 9.74. The first-order valence-electron chi connectivity index (χ1n) is 5.19. The van der Waals surface area contributed by atoms with Crippen LogP contribution in [0.5, 0.6) is 0 Å². The van der Waals surface area contributed by atoms with Gasteiger partial charge in [0.25, 0.3) is 0 Å². The van der Waals surface area contributed by atoms with Gasteiger partial charge >= 0.3 is 0 Å². The summed E-state index contributed by atoms with van der Waals surface area (Å²) in [4.78, 5) is 11.6. The summed E-state index contributed by atoms with van der Waals surface area (Å²) in [5.41, 5.74) is 0.681. The van der Waals surface area contributed by atoms with Gasteiger partial charge in [-0.1, -0.05) is 38.1 Å². The molecule has 0 saturated heterocycles. The van der Waals surface area contributed by atoms with Crippen molar-refractivity contribution in [1.29, 1.82) is 0 Å². The molecular formula is C13H18O2. The Morgan fingerprint density at radius 3 is 2.00 bits per heavy atom. The average Bonchev–Trinajstić information content (AvgIpc) is 2.15. The maximum absolute atomic E-state index is 11.6. The zero-order chi connectivity index (χ0) is 11.6. The summed E-state index contributed by atoms with van der Waals surface area (Å²) in [6.45, 7) is 7.22. The van der Waals surface area contributed by atoms with Crippen LogP contribution < -0.4 is 0 Å². The van der Waals surface area contributed by atoms with Gasteiger partial charge in [0.15, 0.2) is 5.78 Å². The van der Waals surface area contributed by atoms with Gasteiger partial charge in [0, 0.05) is 11.5 Å². The highest BCUT2D eigenvalue weighted by Gasteiger charge is 2.16. The van der Waals surface area contributed by atoms with Crippen LogP contribution in [0.2, 0.25) is 0 Å². The molecule has 1 rings (SSSR count). The van der Waals surface area contributed by atoms with Crippen molar-refractivity contribution in [3.05, 3.63) is 35.4 Å². The summed E-state index contributed by atoms with van der Waals surface area (Å²) in [7, 11) is 0. The van der Waals surface area contributed by atoms with Gasteiger partial charge in [-0.15, -0.1) is 0 Å². The summed E-state index contributed by atoms with van der Waals surface area (Å²) >= 11 is 0. The highest BCUT2D eigenvalue weighted by Crippen LogP contribution is 2.20. The van der Waals surface area contributed by atoms with E-state index in [1.54, 1.807) is 38.1 Å². The number of benzene rings is 1. The highest BCUT2D eigenvalue weighted by molar-refractivity contribution is 5.97. The number of carbonyl (C=O) groups is 1. The molecule has 0 fully saturated rings. The van der Waals surface area contributed by atoms with Crippen LogP contribution in [0.15, 0.2) is 24.3 Å². The first-order chi connectivity index (χ1) is 6.82. The lowest BCUT2D eigenvalue weighted by Gasteiger charge is -2.17. The molecule has 0 aliphatic carbocycles. The quantitative estimate of drug-likeness (QED) is 0.772. The molecule has 82 valence electrons.